The highest BCUT2D eigenvalue weighted by atomic mass is 16.7. The van der Waals surface area contributed by atoms with E-state index in [0.717, 1.165) is 80.7 Å². The average Bonchev–Trinajstić information content (AvgIpc) is 3.38. The van der Waals surface area contributed by atoms with Crippen LogP contribution >= 0.6 is 0 Å². The molecule has 0 radical (unpaired) electrons. The van der Waals surface area contributed by atoms with Gasteiger partial charge < -0.3 is 20.9 Å². The van der Waals surface area contributed by atoms with Crippen LogP contribution in [0, 0.1) is 46.3 Å². The lowest BCUT2D eigenvalue weighted by Crippen LogP contribution is -2.51. The molecule has 8 atom stereocenters. The third-order valence-corrected chi connectivity index (χ3v) is 13.1. The molecule has 48 heavy (non-hydrogen) atoms. The van der Waals surface area contributed by atoms with Crippen molar-refractivity contribution in [3.05, 3.63) is 11.6 Å². The number of fused-ring (bicyclic) bond motifs is 5. The van der Waals surface area contributed by atoms with Crippen molar-refractivity contribution < 1.29 is 14.3 Å². The van der Waals surface area contributed by atoms with Gasteiger partial charge in [-0.2, -0.15) is 0 Å². The maximum atomic E-state index is 12.8. The molecule has 3 saturated carbocycles. The van der Waals surface area contributed by atoms with Gasteiger partial charge in [-0.25, -0.2) is 4.79 Å². The molecule has 8 unspecified atom stereocenters. The van der Waals surface area contributed by atoms with Gasteiger partial charge in [-0.3, -0.25) is 14.9 Å². The van der Waals surface area contributed by atoms with E-state index >= 15 is 0 Å². The predicted octanol–water partition coefficient (Wildman–Crippen LogP) is 8.39. The lowest BCUT2D eigenvalue weighted by molar-refractivity contribution is -0.0619. The van der Waals surface area contributed by atoms with E-state index < -0.39 is 6.16 Å². The molecular formula is C40H71N5O3. The molecule has 8 nitrogen and oxygen atoms in total. The van der Waals surface area contributed by atoms with Crippen LogP contribution in [0.15, 0.2) is 21.6 Å². The van der Waals surface area contributed by atoms with Crippen molar-refractivity contribution in [2.75, 3.05) is 39.3 Å². The van der Waals surface area contributed by atoms with Crippen LogP contribution in [0.4, 0.5) is 4.79 Å². The van der Waals surface area contributed by atoms with E-state index in [0.29, 0.717) is 43.3 Å². The smallest absolute Gasteiger partial charge is 0.433 e. The summed E-state index contributed by atoms with van der Waals surface area (Å²) in [5.74, 6) is 6.20. The Labute approximate surface area is 293 Å². The van der Waals surface area contributed by atoms with E-state index in [1.807, 2.05) is 13.8 Å². The summed E-state index contributed by atoms with van der Waals surface area (Å²) in [6.07, 6.45) is 17.6. The topological polar surface area (TPSA) is 116 Å². The van der Waals surface area contributed by atoms with Crippen molar-refractivity contribution in [3.8, 4) is 0 Å². The number of carbonyl (C=O) groups is 1. The Hall–Kier alpha value is -2.09. The standard InChI is InChI=1S/C40H71N5O3/c1-28(2)11-8-12-29(3)35-15-16-36-34-14-13-32-27-33(17-19-39(32,6)37(34)18-20-40(35,36)7)48-38(46)47-26-25-45(23-9-21-43-30(4)41)24-10-22-44-31(5)42/h13,28-29,33-37H,8-12,14-27H2,1-7H3,(H2,41,43)(H2,42,44). The van der Waals surface area contributed by atoms with Crippen LogP contribution in [0.3, 0.4) is 0 Å². The third-order valence-electron chi connectivity index (χ3n) is 13.1. The minimum atomic E-state index is -0.530. The number of rotatable bonds is 17. The van der Waals surface area contributed by atoms with Gasteiger partial charge in [0.1, 0.15) is 12.7 Å². The molecule has 0 aromatic carbocycles. The summed E-state index contributed by atoms with van der Waals surface area (Å²) in [7, 11) is 0. The van der Waals surface area contributed by atoms with Gasteiger partial charge in [0, 0.05) is 39.1 Å². The fraction of sp³-hybridized carbons (Fsp3) is 0.875. The van der Waals surface area contributed by atoms with Crippen LogP contribution in [0.2, 0.25) is 0 Å². The number of aliphatic imine (C=N–C) groups is 2. The fourth-order valence-corrected chi connectivity index (χ4v) is 10.6. The van der Waals surface area contributed by atoms with Gasteiger partial charge in [0.25, 0.3) is 0 Å². The Morgan fingerprint density at radius 3 is 2.25 bits per heavy atom. The molecule has 0 heterocycles. The highest BCUT2D eigenvalue weighted by Crippen LogP contribution is 2.67. The lowest BCUT2D eigenvalue weighted by atomic mass is 9.47. The number of allylic oxidation sites excluding steroid dienone is 1. The van der Waals surface area contributed by atoms with Gasteiger partial charge in [-0.15, -0.1) is 0 Å². The molecule has 0 aliphatic heterocycles. The second kappa shape index (κ2) is 17.7. The van der Waals surface area contributed by atoms with Gasteiger partial charge in [-0.1, -0.05) is 65.5 Å². The largest absolute Gasteiger partial charge is 0.508 e. The number of ether oxygens (including phenoxy) is 2. The number of hydrogen-bond donors (Lipinski definition) is 2. The van der Waals surface area contributed by atoms with E-state index in [1.54, 1.807) is 5.57 Å². The molecule has 4 aliphatic carbocycles. The zero-order valence-corrected chi connectivity index (χ0v) is 31.8. The van der Waals surface area contributed by atoms with Crippen molar-refractivity contribution in [3.63, 3.8) is 0 Å². The van der Waals surface area contributed by atoms with E-state index in [1.165, 1.54) is 51.4 Å². The normalized spacial score (nSPS) is 32.8. The number of nitrogens with two attached hydrogens (primary N) is 2. The predicted molar refractivity (Wildman–Crippen MR) is 199 cm³/mol. The van der Waals surface area contributed by atoms with E-state index in [4.69, 9.17) is 20.9 Å². The van der Waals surface area contributed by atoms with Gasteiger partial charge in [-0.05, 0) is 118 Å². The SMILES string of the molecule is CC(N)=NCCCN(CCCN=C(C)N)CCOC(=O)OC1CCC2(C)C(=CCC3C2CCC2(C)C(C(C)CCCC(C)C)CCC32)C1. The molecule has 0 aromatic rings. The molecule has 0 amide bonds. The van der Waals surface area contributed by atoms with Crippen LogP contribution in [0.5, 0.6) is 0 Å². The van der Waals surface area contributed by atoms with Crippen molar-refractivity contribution in [1.29, 1.82) is 0 Å². The number of hydrogen-bond acceptors (Lipinski definition) is 6. The van der Waals surface area contributed by atoms with Crippen LogP contribution in [0.25, 0.3) is 0 Å². The first kappa shape index (κ1) is 38.7. The van der Waals surface area contributed by atoms with E-state index in [9.17, 15) is 4.79 Å². The second-order valence-electron chi connectivity index (χ2n) is 17.0. The van der Waals surface area contributed by atoms with Gasteiger partial charge >= 0.3 is 6.16 Å². The molecule has 0 aromatic heterocycles. The quantitative estimate of drug-likeness (QED) is 0.0529. The van der Waals surface area contributed by atoms with Crippen molar-refractivity contribution >= 4 is 17.8 Å². The summed E-state index contributed by atoms with van der Waals surface area (Å²) in [6, 6.07) is 0. The average molecular weight is 670 g/mol. The zero-order chi connectivity index (χ0) is 34.9. The second-order valence-corrected chi connectivity index (χ2v) is 17.0. The van der Waals surface area contributed by atoms with Crippen molar-refractivity contribution in [1.82, 2.24) is 4.90 Å². The summed E-state index contributed by atoms with van der Waals surface area (Å²) in [5.41, 5.74) is 13.7. The third kappa shape index (κ3) is 10.0. The Morgan fingerprint density at radius 2 is 1.60 bits per heavy atom. The van der Waals surface area contributed by atoms with Crippen molar-refractivity contribution in [2.24, 2.45) is 67.8 Å². The van der Waals surface area contributed by atoms with Gasteiger partial charge in [0.05, 0.1) is 11.7 Å². The number of nitrogens with zero attached hydrogens (tertiary/aromatic N) is 3. The minimum absolute atomic E-state index is 0.0874. The Kier molecular flexibility index (Phi) is 14.3. The molecule has 274 valence electrons. The molecule has 4 rings (SSSR count). The summed E-state index contributed by atoms with van der Waals surface area (Å²) in [5, 5.41) is 0. The van der Waals surface area contributed by atoms with Gasteiger partial charge in [0.15, 0.2) is 0 Å². The molecular weight excluding hydrogens is 598 g/mol. The first-order chi connectivity index (χ1) is 22.8. The Balaban J connectivity index is 1.26. The molecule has 4 aliphatic rings. The Bertz CT molecular complexity index is 1100. The van der Waals surface area contributed by atoms with Gasteiger partial charge in [0.2, 0.25) is 0 Å². The van der Waals surface area contributed by atoms with E-state index in [-0.39, 0.29) is 11.5 Å². The number of amidine groups is 2. The zero-order valence-electron chi connectivity index (χ0n) is 31.8. The molecule has 0 saturated heterocycles. The lowest BCUT2D eigenvalue weighted by Gasteiger charge is -2.58. The summed E-state index contributed by atoms with van der Waals surface area (Å²) in [6.45, 7) is 20.2. The first-order valence-electron chi connectivity index (χ1n) is 19.6. The monoisotopic (exact) mass is 670 g/mol. The van der Waals surface area contributed by atoms with Crippen LogP contribution in [-0.2, 0) is 9.47 Å². The minimum Gasteiger partial charge on any atom is -0.433 e. The van der Waals surface area contributed by atoms with Crippen LogP contribution in [0.1, 0.15) is 132 Å². The highest BCUT2D eigenvalue weighted by Gasteiger charge is 2.59. The maximum absolute atomic E-state index is 12.8. The molecule has 3 fully saturated rings. The summed E-state index contributed by atoms with van der Waals surface area (Å²) >= 11 is 0. The number of carbonyl (C=O) groups excluding carboxylic acids is 1. The highest BCUT2D eigenvalue weighted by molar-refractivity contribution is 5.77. The maximum Gasteiger partial charge on any atom is 0.508 e. The summed E-state index contributed by atoms with van der Waals surface area (Å²) in [4.78, 5) is 23.7. The molecule has 0 spiro atoms. The first-order valence-corrected chi connectivity index (χ1v) is 19.6. The van der Waals surface area contributed by atoms with Crippen LogP contribution in [-0.4, -0.2) is 68.2 Å². The van der Waals surface area contributed by atoms with Crippen LogP contribution < -0.4 is 11.5 Å². The molecule has 4 N–H and O–H groups in total. The summed E-state index contributed by atoms with van der Waals surface area (Å²) < 4.78 is 11.6. The van der Waals surface area contributed by atoms with Crippen molar-refractivity contribution in [2.45, 2.75) is 138 Å². The fourth-order valence-electron chi connectivity index (χ4n) is 10.6. The molecule has 8 heteroatoms. The Morgan fingerprint density at radius 1 is 0.917 bits per heavy atom. The molecule has 0 bridgehead atoms. The van der Waals surface area contributed by atoms with E-state index in [2.05, 4.69) is 55.6 Å².